The summed E-state index contributed by atoms with van der Waals surface area (Å²) in [6.07, 6.45) is 2.91. The molecular weight excluding hydrogens is 486 g/mol. The van der Waals surface area contributed by atoms with Gasteiger partial charge in [0.2, 0.25) is 10.0 Å². The predicted octanol–water partition coefficient (Wildman–Crippen LogP) is 4.09. The maximum absolute atomic E-state index is 13.4. The minimum atomic E-state index is -3.73. The third-order valence-corrected chi connectivity index (χ3v) is 8.61. The van der Waals surface area contributed by atoms with Crippen LogP contribution in [0.4, 0.5) is 5.69 Å². The Hall–Kier alpha value is -3.36. The number of fused-ring (bicyclic) bond motifs is 1. The van der Waals surface area contributed by atoms with Crippen LogP contribution in [0, 0.1) is 0 Å². The number of piperidine rings is 1. The minimum Gasteiger partial charge on any atom is -0.476 e. The minimum absolute atomic E-state index is 0.0766. The lowest BCUT2D eigenvalue weighted by Crippen LogP contribution is -2.50. The monoisotopic (exact) mass is 519 g/mol. The molecular formula is C29H33N3O4S. The number of anilines is 1. The number of hydrogen-bond donors (Lipinski definition) is 1. The van der Waals surface area contributed by atoms with E-state index >= 15 is 0 Å². The van der Waals surface area contributed by atoms with E-state index in [0.717, 1.165) is 25.2 Å². The fourth-order valence-electron chi connectivity index (χ4n) is 4.91. The highest BCUT2D eigenvalue weighted by molar-refractivity contribution is 7.92. The fourth-order valence-corrected chi connectivity index (χ4v) is 6.49. The number of benzene rings is 3. The second-order valence-corrected chi connectivity index (χ2v) is 11.6. The Balaban J connectivity index is 1.23. The van der Waals surface area contributed by atoms with Crippen molar-refractivity contribution in [3.63, 3.8) is 0 Å². The van der Waals surface area contributed by atoms with Gasteiger partial charge in [-0.15, -0.1) is 0 Å². The van der Waals surface area contributed by atoms with Crippen molar-refractivity contribution in [1.82, 2.24) is 10.2 Å². The number of para-hydroxylation sites is 2. The summed E-state index contributed by atoms with van der Waals surface area (Å²) in [5.41, 5.74) is 3.40. The molecule has 2 aliphatic heterocycles. The fraction of sp³-hybridized carbons (Fsp3) is 0.345. The van der Waals surface area contributed by atoms with Crippen LogP contribution >= 0.6 is 0 Å². The third kappa shape index (κ3) is 6.32. The molecule has 5 rings (SSSR count). The normalized spacial score (nSPS) is 18.1. The van der Waals surface area contributed by atoms with E-state index < -0.39 is 16.1 Å². The van der Waals surface area contributed by atoms with E-state index in [1.165, 1.54) is 29.1 Å². The molecule has 0 bridgehead atoms. The van der Waals surface area contributed by atoms with Gasteiger partial charge >= 0.3 is 0 Å². The van der Waals surface area contributed by atoms with Crippen LogP contribution in [0.15, 0.2) is 78.9 Å². The molecule has 3 aromatic rings. The Morgan fingerprint density at radius 2 is 1.51 bits per heavy atom. The highest BCUT2D eigenvalue weighted by Gasteiger charge is 2.36. The van der Waals surface area contributed by atoms with Gasteiger partial charge in [0.25, 0.3) is 5.91 Å². The number of amides is 1. The molecule has 194 valence electrons. The van der Waals surface area contributed by atoms with Gasteiger partial charge in [-0.3, -0.25) is 14.0 Å². The molecule has 3 aromatic carbocycles. The smallest absolute Gasteiger partial charge is 0.263 e. The molecule has 0 spiro atoms. The average molecular weight is 520 g/mol. The maximum Gasteiger partial charge on any atom is 0.263 e. The first-order valence-electron chi connectivity index (χ1n) is 12.9. The number of rotatable bonds is 8. The Bertz CT molecular complexity index is 1310. The molecule has 0 saturated carbocycles. The Morgan fingerprint density at radius 1 is 0.838 bits per heavy atom. The number of sulfonamides is 1. The molecule has 1 N–H and O–H groups in total. The van der Waals surface area contributed by atoms with E-state index in [-0.39, 0.29) is 18.2 Å². The number of hydrogen-bond acceptors (Lipinski definition) is 5. The van der Waals surface area contributed by atoms with Gasteiger partial charge in [-0.1, -0.05) is 73.2 Å². The molecule has 0 unspecified atom stereocenters. The van der Waals surface area contributed by atoms with Crippen molar-refractivity contribution in [2.45, 2.75) is 44.2 Å². The molecule has 1 saturated heterocycles. The first kappa shape index (κ1) is 25.3. The first-order chi connectivity index (χ1) is 18.0. The van der Waals surface area contributed by atoms with E-state index in [1.807, 2.05) is 30.3 Å². The second kappa shape index (κ2) is 11.4. The molecule has 1 fully saturated rings. The van der Waals surface area contributed by atoms with Crippen molar-refractivity contribution in [2.24, 2.45) is 0 Å². The summed E-state index contributed by atoms with van der Waals surface area (Å²) < 4.78 is 34.0. The predicted molar refractivity (Wildman–Crippen MR) is 145 cm³/mol. The van der Waals surface area contributed by atoms with Gasteiger partial charge in [-0.05, 0) is 54.8 Å². The molecule has 2 aliphatic rings. The molecule has 1 atom stereocenters. The van der Waals surface area contributed by atoms with E-state index in [9.17, 15) is 13.2 Å². The summed E-state index contributed by atoms with van der Waals surface area (Å²) in [6.45, 7) is 3.53. The number of likely N-dealkylation sites (tertiary alicyclic amines) is 1. The van der Waals surface area contributed by atoms with Crippen LogP contribution in [-0.4, -0.2) is 45.0 Å². The summed E-state index contributed by atoms with van der Waals surface area (Å²) in [5.74, 6) is -0.111. The number of carbonyl (C=O) groups excluding carboxylic acids is 1. The molecule has 7 nitrogen and oxygen atoms in total. The highest BCUT2D eigenvalue weighted by Crippen LogP contribution is 2.35. The van der Waals surface area contributed by atoms with E-state index in [2.05, 4.69) is 22.3 Å². The molecule has 8 heteroatoms. The summed E-state index contributed by atoms with van der Waals surface area (Å²) in [5, 5.41) is 2.93. The lowest BCUT2D eigenvalue weighted by Gasteiger charge is -2.34. The van der Waals surface area contributed by atoms with E-state index in [0.29, 0.717) is 23.5 Å². The second-order valence-electron chi connectivity index (χ2n) is 9.72. The number of ether oxygens (including phenoxy) is 1. The van der Waals surface area contributed by atoms with Crippen molar-refractivity contribution >= 4 is 21.6 Å². The van der Waals surface area contributed by atoms with Crippen LogP contribution < -0.4 is 14.4 Å². The lowest BCUT2D eigenvalue weighted by molar-refractivity contribution is -0.127. The Morgan fingerprint density at radius 3 is 2.27 bits per heavy atom. The standard InChI is InChI=1S/C29H33N3O4S/c33-29(30-19-23-13-15-24(16-14-23)20-31-17-7-2-8-18-31)28-21-32(26-11-5-6-12-27(26)36-28)37(34,35)22-25-9-3-1-4-10-25/h1,3-6,9-16,28H,2,7-8,17-22H2,(H,30,33)/t28-/m0/s1. The quantitative estimate of drug-likeness (QED) is 0.485. The Kier molecular flexibility index (Phi) is 7.76. The molecule has 0 radical (unpaired) electrons. The van der Waals surface area contributed by atoms with Gasteiger partial charge in [0, 0.05) is 13.1 Å². The van der Waals surface area contributed by atoms with Crippen molar-refractivity contribution < 1.29 is 17.9 Å². The summed E-state index contributed by atoms with van der Waals surface area (Å²) >= 11 is 0. The van der Waals surface area contributed by atoms with Crippen LogP contribution in [0.25, 0.3) is 0 Å². The van der Waals surface area contributed by atoms with Gasteiger partial charge in [-0.2, -0.15) is 0 Å². The van der Waals surface area contributed by atoms with Crippen molar-refractivity contribution in [3.05, 3.63) is 95.6 Å². The van der Waals surface area contributed by atoms with Gasteiger partial charge in [0.05, 0.1) is 18.0 Å². The number of nitrogens with zero attached hydrogens (tertiary/aromatic N) is 2. The average Bonchev–Trinajstić information content (AvgIpc) is 2.93. The topological polar surface area (TPSA) is 79.0 Å². The van der Waals surface area contributed by atoms with Crippen molar-refractivity contribution in [1.29, 1.82) is 0 Å². The van der Waals surface area contributed by atoms with Gasteiger partial charge in [0.1, 0.15) is 5.75 Å². The largest absolute Gasteiger partial charge is 0.476 e. The molecule has 1 amide bonds. The van der Waals surface area contributed by atoms with Gasteiger partial charge in [-0.25, -0.2) is 8.42 Å². The lowest BCUT2D eigenvalue weighted by atomic mass is 10.1. The zero-order valence-electron chi connectivity index (χ0n) is 20.9. The number of carbonyl (C=O) groups is 1. The third-order valence-electron chi connectivity index (χ3n) is 6.90. The SMILES string of the molecule is O=C(NCc1ccc(CN2CCCCC2)cc1)[C@@H]1CN(S(=O)(=O)Cc2ccccc2)c2ccccc2O1. The zero-order chi connectivity index (χ0) is 25.7. The molecule has 37 heavy (non-hydrogen) atoms. The Labute approximate surface area is 219 Å². The number of nitrogens with one attached hydrogen (secondary N) is 1. The molecule has 0 aromatic heterocycles. The van der Waals surface area contributed by atoms with E-state index in [4.69, 9.17) is 4.74 Å². The summed E-state index contributed by atoms with van der Waals surface area (Å²) in [4.78, 5) is 15.6. The van der Waals surface area contributed by atoms with Crippen LogP contribution in [-0.2, 0) is 33.7 Å². The maximum atomic E-state index is 13.4. The van der Waals surface area contributed by atoms with Gasteiger partial charge in [0.15, 0.2) is 6.10 Å². The first-order valence-corrected chi connectivity index (χ1v) is 14.5. The van der Waals surface area contributed by atoms with Crippen molar-refractivity contribution in [3.8, 4) is 5.75 Å². The molecule has 0 aliphatic carbocycles. The highest BCUT2D eigenvalue weighted by atomic mass is 32.2. The van der Waals surface area contributed by atoms with Crippen LogP contribution in [0.3, 0.4) is 0 Å². The van der Waals surface area contributed by atoms with Crippen molar-refractivity contribution in [2.75, 3.05) is 23.9 Å². The summed E-state index contributed by atoms with van der Waals surface area (Å²) in [6, 6.07) is 24.3. The molecule has 2 heterocycles. The van der Waals surface area contributed by atoms with Crippen LogP contribution in [0.2, 0.25) is 0 Å². The summed E-state index contributed by atoms with van der Waals surface area (Å²) in [7, 11) is -3.73. The zero-order valence-corrected chi connectivity index (χ0v) is 21.7. The van der Waals surface area contributed by atoms with E-state index in [1.54, 1.807) is 36.4 Å². The van der Waals surface area contributed by atoms with Crippen LogP contribution in [0.1, 0.15) is 36.0 Å². The van der Waals surface area contributed by atoms with Gasteiger partial charge < -0.3 is 10.1 Å². The van der Waals surface area contributed by atoms with Crippen LogP contribution in [0.5, 0.6) is 5.75 Å².